The first-order chi connectivity index (χ1) is 30.7. The highest BCUT2D eigenvalue weighted by Crippen LogP contribution is 2.23. The van der Waals surface area contributed by atoms with E-state index in [0.717, 1.165) is 44.9 Å². The minimum absolute atomic E-state index is 0.00332. The lowest BCUT2D eigenvalue weighted by atomic mass is 9.99. The van der Waals surface area contributed by atoms with Crippen LogP contribution in [0.2, 0.25) is 0 Å². The number of allylic oxidation sites excluding steroid dienone is 9. The normalized spacial score (nSPS) is 19.9. The third-order valence-corrected chi connectivity index (χ3v) is 11.2. The van der Waals surface area contributed by atoms with Crippen molar-refractivity contribution in [3.63, 3.8) is 0 Å². The second-order valence-electron chi connectivity index (χ2n) is 17.0. The number of aliphatic hydroxyl groups excluding tert-OH is 3. The standard InChI is InChI=1S/C52H88O11/c1-3-5-7-9-11-13-15-17-19-20-21-22-23-24-25-27-29-31-33-35-37-39-41-46(54)62-44(43-61-52-49(57)47(55)48(56)50(63-52)51(58)59)42-60-45(53)40-38-36-34-32-30-28-26-18-16-14-12-10-8-6-4-2/h6,8,12,14,18,26,30,32,36,38,44,47-50,52,55-57H,3-5,7,9-11,13,15-17,19-25,27-29,31,33-35,37,39-43H2,1-2H3,(H,58,59)/b8-6-,14-12-,26-18-,32-30-,38-36-. The molecule has 0 saturated carbocycles. The lowest BCUT2D eigenvalue weighted by Gasteiger charge is -2.38. The number of carboxylic acid groups (broad SMARTS) is 1. The maximum absolute atomic E-state index is 12.8. The summed E-state index contributed by atoms with van der Waals surface area (Å²) < 4.78 is 21.7. The molecule has 0 radical (unpaired) electrons. The summed E-state index contributed by atoms with van der Waals surface area (Å²) in [5.74, 6) is -2.60. The van der Waals surface area contributed by atoms with Gasteiger partial charge in [-0.1, -0.05) is 209 Å². The molecule has 0 spiro atoms. The van der Waals surface area contributed by atoms with Gasteiger partial charge in [0.25, 0.3) is 0 Å². The van der Waals surface area contributed by atoms with Gasteiger partial charge in [-0.15, -0.1) is 0 Å². The minimum Gasteiger partial charge on any atom is -0.479 e. The van der Waals surface area contributed by atoms with Gasteiger partial charge in [0.15, 0.2) is 18.5 Å². The predicted octanol–water partition coefficient (Wildman–Crippen LogP) is 11.5. The Morgan fingerprint density at radius 1 is 0.508 bits per heavy atom. The molecule has 0 aromatic heterocycles. The number of hydrogen-bond donors (Lipinski definition) is 4. The molecule has 0 amide bonds. The lowest BCUT2D eigenvalue weighted by Crippen LogP contribution is -2.60. The van der Waals surface area contributed by atoms with Crippen LogP contribution in [0.3, 0.4) is 0 Å². The van der Waals surface area contributed by atoms with Gasteiger partial charge in [0.1, 0.15) is 24.9 Å². The van der Waals surface area contributed by atoms with Crippen molar-refractivity contribution < 1.29 is 53.8 Å². The second kappa shape index (κ2) is 41.6. The van der Waals surface area contributed by atoms with Gasteiger partial charge < -0.3 is 39.4 Å². The second-order valence-corrected chi connectivity index (χ2v) is 17.0. The van der Waals surface area contributed by atoms with Crippen molar-refractivity contribution in [1.82, 2.24) is 0 Å². The zero-order valence-electron chi connectivity index (χ0n) is 39.3. The van der Waals surface area contributed by atoms with Crippen LogP contribution in [0.1, 0.15) is 200 Å². The summed E-state index contributed by atoms with van der Waals surface area (Å²) in [4.78, 5) is 36.9. The van der Waals surface area contributed by atoms with E-state index in [1.165, 1.54) is 116 Å². The predicted molar refractivity (Wildman–Crippen MR) is 252 cm³/mol. The number of rotatable bonds is 41. The molecule has 11 heteroatoms. The summed E-state index contributed by atoms with van der Waals surface area (Å²) in [5.41, 5.74) is 0. The third-order valence-electron chi connectivity index (χ3n) is 11.2. The summed E-state index contributed by atoms with van der Waals surface area (Å²) in [7, 11) is 0. The Morgan fingerprint density at radius 3 is 1.35 bits per heavy atom. The quantitative estimate of drug-likeness (QED) is 0.0262. The Kier molecular flexibility index (Phi) is 38.3. The number of aliphatic hydroxyl groups is 3. The number of aliphatic carboxylic acids is 1. The molecule has 1 rings (SSSR count). The van der Waals surface area contributed by atoms with Gasteiger partial charge in [-0.2, -0.15) is 0 Å². The van der Waals surface area contributed by atoms with E-state index in [1.54, 1.807) is 6.08 Å². The van der Waals surface area contributed by atoms with Crippen molar-refractivity contribution >= 4 is 17.9 Å². The number of carbonyl (C=O) groups is 3. The Hall–Kier alpha value is -3.09. The number of unbranched alkanes of at least 4 members (excludes halogenated alkanes) is 21. The van der Waals surface area contributed by atoms with Gasteiger partial charge in [0, 0.05) is 6.42 Å². The van der Waals surface area contributed by atoms with E-state index in [9.17, 15) is 34.8 Å². The van der Waals surface area contributed by atoms with Crippen LogP contribution in [-0.2, 0) is 33.3 Å². The molecule has 63 heavy (non-hydrogen) atoms. The fraction of sp³-hybridized carbons (Fsp3) is 0.750. The molecule has 1 fully saturated rings. The first-order valence-electron chi connectivity index (χ1n) is 24.8. The van der Waals surface area contributed by atoms with Crippen LogP contribution in [0.25, 0.3) is 0 Å². The molecule has 0 aliphatic carbocycles. The van der Waals surface area contributed by atoms with E-state index in [2.05, 4.69) is 56.4 Å². The van der Waals surface area contributed by atoms with Crippen molar-refractivity contribution in [2.45, 2.75) is 237 Å². The smallest absolute Gasteiger partial charge is 0.335 e. The van der Waals surface area contributed by atoms with Gasteiger partial charge in [-0.05, 0) is 38.5 Å². The number of carbonyl (C=O) groups excluding carboxylic acids is 2. The van der Waals surface area contributed by atoms with Crippen LogP contribution in [0.5, 0.6) is 0 Å². The summed E-state index contributed by atoms with van der Waals surface area (Å²) in [5, 5.41) is 39.9. The maximum Gasteiger partial charge on any atom is 0.335 e. The van der Waals surface area contributed by atoms with Gasteiger partial charge >= 0.3 is 17.9 Å². The molecular weight excluding hydrogens is 801 g/mol. The first kappa shape index (κ1) is 57.9. The summed E-state index contributed by atoms with van der Waals surface area (Å²) >= 11 is 0. The van der Waals surface area contributed by atoms with Gasteiger partial charge in [0.05, 0.1) is 13.0 Å². The van der Waals surface area contributed by atoms with Crippen LogP contribution < -0.4 is 0 Å². The van der Waals surface area contributed by atoms with Crippen LogP contribution in [0.4, 0.5) is 0 Å². The Labute approximate surface area is 381 Å². The molecule has 4 N–H and O–H groups in total. The molecule has 362 valence electrons. The third kappa shape index (κ3) is 33.1. The SMILES string of the molecule is CC/C=C\C/C=C\C/C=C\C/C=C\C/C=C\CC(=O)OCC(COC1OC(C(=O)O)C(O)C(O)C1O)OC(=O)CCCCCCCCCCCCCCCCCCCCCCCC. The molecule has 11 nitrogen and oxygen atoms in total. The summed E-state index contributed by atoms with van der Waals surface area (Å²) in [6.45, 7) is 3.63. The molecule has 0 bridgehead atoms. The zero-order chi connectivity index (χ0) is 46.0. The number of carboxylic acids is 1. The highest BCUT2D eigenvalue weighted by atomic mass is 16.7. The molecule has 1 aliphatic rings. The van der Waals surface area contributed by atoms with E-state index >= 15 is 0 Å². The molecule has 1 saturated heterocycles. The highest BCUT2D eigenvalue weighted by molar-refractivity contribution is 5.73. The lowest BCUT2D eigenvalue weighted by molar-refractivity contribution is -0.298. The summed E-state index contributed by atoms with van der Waals surface area (Å²) in [6, 6.07) is 0. The monoisotopic (exact) mass is 889 g/mol. The van der Waals surface area contributed by atoms with E-state index in [-0.39, 0.29) is 19.4 Å². The van der Waals surface area contributed by atoms with Crippen LogP contribution in [-0.4, -0.2) is 88.4 Å². The van der Waals surface area contributed by atoms with E-state index in [0.29, 0.717) is 12.8 Å². The first-order valence-corrected chi connectivity index (χ1v) is 24.8. The van der Waals surface area contributed by atoms with Crippen molar-refractivity contribution in [2.75, 3.05) is 13.2 Å². The zero-order valence-corrected chi connectivity index (χ0v) is 39.3. The minimum atomic E-state index is -1.87. The van der Waals surface area contributed by atoms with E-state index in [1.807, 2.05) is 12.2 Å². The van der Waals surface area contributed by atoms with Gasteiger partial charge in [0.2, 0.25) is 0 Å². The highest BCUT2D eigenvalue weighted by Gasteiger charge is 2.47. The Balaban J connectivity index is 2.33. The number of hydrogen-bond acceptors (Lipinski definition) is 10. The molecule has 6 unspecified atom stereocenters. The van der Waals surface area contributed by atoms with Gasteiger partial charge in [-0.3, -0.25) is 9.59 Å². The average molecular weight is 889 g/mol. The van der Waals surface area contributed by atoms with Crippen molar-refractivity contribution in [3.05, 3.63) is 60.8 Å². The van der Waals surface area contributed by atoms with Crippen molar-refractivity contribution in [3.8, 4) is 0 Å². The van der Waals surface area contributed by atoms with E-state index in [4.69, 9.17) is 18.9 Å². The average Bonchev–Trinajstić information content (AvgIpc) is 3.27. The molecule has 1 heterocycles. The summed E-state index contributed by atoms with van der Waals surface area (Å²) in [6.07, 6.45) is 43.1. The molecule has 0 aromatic carbocycles. The number of ether oxygens (including phenoxy) is 4. The van der Waals surface area contributed by atoms with Crippen LogP contribution in [0, 0.1) is 0 Å². The van der Waals surface area contributed by atoms with Crippen molar-refractivity contribution in [2.24, 2.45) is 0 Å². The topological polar surface area (TPSA) is 169 Å². The maximum atomic E-state index is 12.8. The number of esters is 2. The van der Waals surface area contributed by atoms with E-state index < -0.39 is 61.3 Å². The Morgan fingerprint density at radius 2 is 0.921 bits per heavy atom. The Bertz CT molecular complexity index is 1270. The molecule has 1 aliphatic heterocycles. The van der Waals surface area contributed by atoms with Gasteiger partial charge in [-0.25, -0.2) is 4.79 Å². The molecule has 0 aromatic rings. The molecular formula is C52H88O11. The van der Waals surface area contributed by atoms with Crippen LogP contribution >= 0.6 is 0 Å². The largest absolute Gasteiger partial charge is 0.479 e. The fourth-order valence-corrected chi connectivity index (χ4v) is 7.31. The van der Waals surface area contributed by atoms with Crippen LogP contribution in [0.15, 0.2) is 60.8 Å². The molecule has 6 atom stereocenters. The van der Waals surface area contributed by atoms with Crippen molar-refractivity contribution in [1.29, 1.82) is 0 Å². The fourth-order valence-electron chi connectivity index (χ4n) is 7.31.